The van der Waals surface area contributed by atoms with E-state index >= 15 is 0 Å². The molecule has 4 rings (SSSR count). The van der Waals surface area contributed by atoms with Gasteiger partial charge < -0.3 is 5.32 Å². The van der Waals surface area contributed by atoms with Gasteiger partial charge in [0.15, 0.2) is 5.82 Å². The van der Waals surface area contributed by atoms with Crippen molar-refractivity contribution in [1.82, 2.24) is 14.8 Å². The molecule has 0 unspecified atom stereocenters. The number of fused-ring (bicyclic) bond motifs is 1. The Morgan fingerprint density at radius 2 is 1.85 bits per heavy atom. The summed E-state index contributed by atoms with van der Waals surface area (Å²) in [5, 5.41) is 9.50. The number of amides is 1. The van der Waals surface area contributed by atoms with Crippen molar-refractivity contribution in [3.05, 3.63) is 84.3 Å². The van der Waals surface area contributed by atoms with Crippen molar-refractivity contribution >= 4 is 22.4 Å². The van der Waals surface area contributed by atoms with Crippen molar-refractivity contribution in [1.29, 1.82) is 0 Å². The fourth-order valence-electron chi connectivity index (χ4n) is 3.10. The van der Waals surface area contributed by atoms with E-state index in [0.29, 0.717) is 17.8 Å². The van der Waals surface area contributed by atoms with Gasteiger partial charge in [-0.05, 0) is 30.0 Å². The Kier molecular flexibility index (Phi) is 4.19. The average Bonchev–Trinajstić information content (AvgIpc) is 3.13. The van der Waals surface area contributed by atoms with E-state index in [1.807, 2.05) is 67.6 Å². The second-order valence-corrected chi connectivity index (χ2v) is 5.94. The number of anilines is 1. The average molecular weight is 342 g/mol. The lowest BCUT2D eigenvalue weighted by molar-refractivity contribution is 0.102. The monoisotopic (exact) mass is 342 g/mol. The number of carbonyl (C=O) groups is 1. The van der Waals surface area contributed by atoms with Gasteiger partial charge in [0.1, 0.15) is 0 Å². The zero-order chi connectivity index (χ0) is 17.9. The first kappa shape index (κ1) is 16.0. The normalized spacial score (nSPS) is 10.8. The van der Waals surface area contributed by atoms with Crippen molar-refractivity contribution in [2.75, 3.05) is 5.32 Å². The van der Waals surface area contributed by atoms with E-state index in [-0.39, 0.29) is 5.91 Å². The topological polar surface area (TPSA) is 59.8 Å². The van der Waals surface area contributed by atoms with Crippen molar-refractivity contribution < 1.29 is 4.79 Å². The first-order chi connectivity index (χ1) is 12.8. The number of pyridine rings is 1. The Morgan fingerprint density at radius 1 is 1.04 bits per heavy atom. The van der Waals surface area contributed by atoms with E-state index in [4.69, 9.17) is 0 Å². The van der Waals surface area contributed by atoms with Gasteiger partial charge in [-0.15, -0.1) is 0 Å². The summed E-state index contributed by atoms with van der Waals surface area (Å²) in [6.07, 6.45) is 4.00. The summed E-state index contributed by atoms with van der Waals surface area (Å²) < 4.78 is 1.72. The van der Waals surface area contributed by atoms with Crippen LogP contribution in [-0.2, 0) is 6.42 Å². The summed E-state index contributed by atoms with van der Waals surface area (Å²) in [4.78, 5) is 17.2. The maximum Gasteiger partial charge on any atom is 0.259 e. The SMILES string of the molecule is CCc1c(C(=O)Nc2cccc3ccccc23)cnn1-c1ccccn1. The molecule has 0 bridgehead atoms. The maximum atomic E-state index is 12.9. The number of aromatic nitrogens is 3. The van der Waals surface area contributed by atoms with Crippen LogP contribution in [0.15, 0.2) is 73.1 Å². The minimum atomic E-state index is -0.166. The number of nitrogens with zero attached hydrogens (tertiary/aromatic N) is 3. The Balaban J connectivity index is 1.70. The molecule has 1 N–H and O–H groups in total. The van der Waals surface area contributed by atoms with E-state index < -0.39 is 0 Å². The first-order valence-electron chi connectivity index (χ1n) is 8.55. The summed E-state index contributed by atoms with van der Waals surface area (Å²) >= 11 is 0. The van der Waals surface area contributed by atoms with Crippen LogP contribution >= 0.6 is 0 Å². The van der Waals surface area contributed by atoms with E-state index in [1.165, 1.54) is 0 Å². The molecular weight excluding hydrogens is 324 g/mol. The van der Waals surface area contributed by atoms with E-state index in [9.17, 15) is 4.79 Å². The van der Waals surface area contributed by atoms with E-state index in [0.717, 1.165) is 22.2 Å². The molecule has 2 aromatic heterocycles. The van der Waals surface area contributed by atoms with Crippen LogP contribution < -0.4 is 5.32 Å². The van der Waals surface area contributed by atoms with Gasteiger partial charge in [-0.1, -0.05) is 49.4 Å². The lowest BCUT2D eigenvalue weighted by Crippen LogP contribution is -2.14. The van der Waals surface area contributed by atoms with Gasteiger partial charge in [-0.3, -0.25) is 4.79 Å². The predicted molar refractivity (Wildman–Crippen MR) is 103 cm³/mol. The molecular formula is C21H18N4O. The second kappa shape index (κ2) is 6.80. The fourth-order valence-corrected chi connectivity index (χ4v) is 3.10. The minimum Gasteiger partial charge on any atom is -0.321 e. The zero-order valence-electron chi connectivity index (χ0n) is 14.4. The van der Waals surface area contributed by atoms with Crippen molar-refractivity contribution in [3.63, 3.8) is 0 Å². The molecule has 0 aliphatic rings. The Morgan fingerprint density at radius 3 is 2.65 bits per heavy atom. The minimum absolute atomic E-state index is 0.166. The Labute approximate surface area is 151 Å². The van der Waals surface area contributed by atoms with Crippen LogP contribution in [0.1, 0.15) is 23.0 Å². The quantitative estimate of drug-likeness (QED) is 0.603. The molecule has 0 saturated heterocycles. The molecule has 5 heteroatoms. The van der Waals surface area contributed by atoms with Crippen molar-refractivity contribution in [2.24, 2.45) is 0 Å². The van der Waals surface area contributed by atoms with Crippen LogP contribution in [0.2, 0.25) is 0 Å². The lowest BCUT2D eigenvalue weighted by atomic mass is 10.1. The molecule has 5 nitrogen and oxygen atoms in total. The molecule has 0 aliphatic heterocycles. The lowest BCUT2D eigenvalue weighted by Gasteiger charge is -2.10. The number of rotatable bonds is 4. The van der Waals surface area contributed by atoms with Crippen LogP contribution in [0.25, 0.3) is 16.6 Å². The molecule has 4 aromatic rings. The van der Waals surface area contributed by atoms with Gasteiger partial charge in [-0.2, -0.15) is 5.10 Å². The molecule has 0 atom stereocenters. The van der Waals surface area contributed by atoms with Crippen LogP contribution in [0.3, 0.4) is 0 Å². The standard InChI is InChI=1S/C21H18N4O/c1-2-19-17(14-23-25(19)20-12-5-6-13-22-20)21(26)24-18-11-7-9-15-8-3-4-10-16(15)18/h3-14H,2H2,1H3,(H,24,26). The molecule has 1 amide bonds. The smallest absolute Gasteiger partial charge is 0.259 e. The van der Waals surface area contributed by atoms with Gasteiger partial charge in [0.25, 0.3) is 5.91 Å². The highest BCUT2D eigenvalue weighted by Crippen LogP contribution is 2.24. The highest BCUT2D eigenvalue weighted by Gasteiger charge is 2.18. The molecule has 0 saturated carbocycles. The fraction of sp³-hybridized carbons (Fsp3) is 0.0952. The number of hydrogen-bond donors (Lipinski definition) is 1. The van der Waals surface area contributed by atoms with Crippen LogP contribution in [0.4, 0.5) is 5.69 Å². The van der Waals surface area contributed by atoms with Crippen LogP contribution in [0, 0.1) is 0 Å². The molecule has 0 spiro atoms. The summed E-state index contributed by atoms with van der Waals surface area (Å²) in [7, 11) is 0. The van der Waals surface area contributed by atoms with Gasteiger partial charge >= 0.3 is 0 Å². The third-order valence-corrected chi connectivity index (χ3v) is 4.35. The van der Waals surface area contributed by atoms with E-state index in [1.54, 1.807) is 17.1 Å². The highest BCUT2D eigenvalue weighted by molar-refractivity contribution is 6.09. The molecule has 0 aliphatic carbocycles. The number of nitrogens with one attached hydrogen (secondary N) is 1. The van der Waals surface area contributed by atoms with Gasteiger partial charge in [-0.25, -0.2) is 9.67 Å². The molecule has 2 aromatic carbocycles. The van der Waals surface area contributed by atoms with Crippen molar-refractivity contribution in [3.8, 4) is 5.82 Å². The van der Waals surface area contributed by atoms with Crippen LogP contribution in [0.5, 0.6) is 0 Å². The van der Waals surface area contributed by atoms with Crippen LogP contribution in [-0.4, -0.2) is 20.7 Å². The molecule has 0 radical (unpaired) electrons. The van der Waals surface area contributed by atoms with Crippen molar-refractivity contribution in [2.45, 2.75) is 13.3 Å². The number of hydrogen-bond acceptors (Lipinski definition) is 3. The summed E-state index contributed by atoms with van der Waals surface area (Å²) in [5.41, 5.74) is 2.19. The molecule has 128 valence electrons. The molecule has 2 heterocycles. The zero-order valence-corrected chi connectivity index (χ0v) is 14.4. The first-order valence-corrected chi connectivity index (χ1v) is 8.55. The van der Waals surface area contributed by atoms with Gasteiger partial charge in [0, 0.05) is 17.3 Å². The number of benzene rings is 2. The third-order valence-electron chi connectivity index (χ3n) is 4.35. The summed E-state index contributed by atoms with van der Waals surface area (Å²) in [6, 6.07) is 19.5. The van der Waals surface area contributed by atoms with E-state index in [2.05, 4.69) is 15.4 Å². The third kappa shape index (κ3) is 2.84. The largest absolute Gasteiger partial charge is 0.321 e. The Hall–Kier alpha value is -3.47. The van der Waals surface area contributed by atoms with Gasteiger partial charge in [0.2, 0.25) is 0 Å². The molecule has 0 fully saturated rings. The maximum absolute atomic E-state index is 12.9. The molecule has 26 heavy (non-hydrogen) atoms. The summed E-state index contributed by atoms with van der Waals surface area (Å²) in [5.74, 6) is 0.536. The number of carbonyl (C=O) groups excluding carboxylic acids is 1. The second-order valence-electron chi connectivity index (χ2n) is 5.94. The highest BCUT2D eigenvalue weighted by atomic mass is 16.1. The van der Waals surface area contributed by atoms with Gasteiger partial charge in [0.05, 0.1) is 17.5 Å². The Bertz CT molecular complexity index is 1060. The summed E-state index contributed by atoms with van der Waals surface area (Å²) in [6.45, 7) is 2.01. The predicted octanol–water partition coefficient (Wildman–Crippen LogP) is 4.24.